The maximum Gasteiger partial charge on any atom is 0.341 e. The van der Waals surface area contributed by atoms with Crippen molar-refractivity contribution in [1.82, 2.24) is 4.31 Å². The van der Waals surface area contributed by atoms with E-state index in [-0.39, 0.29) is 34.9 Å². The third-order valence-corrected chi connectivity index (χ3v) is 5.31. The average Bonchev–Trinajstić information content (AvgIpc) is 2.85. The van der Waals surface area contributed by atoms with Gasteiger partial charge in [-0.1, -0.05) is 13.8 Å². The van der Waals surface area contributed by atoms with Crippen LogP contribution in [0.4, 0.5) is 0 Å². The number of sulfonamides is 1. The molecule has 0 saturated heterocycles. The van der Waals surface area contributed by atoms with Crippen LogP contribution in [-0.2, 0) is 14.8 Å². The van der Waals surface area contributed by atoms with Crippen molar-refractivity contribution in [2.45, 2.75) is 38.3 Å². The van der Waals surface area contributed by atoms with E-state index in [4.69, 9.17) is 10.2 Å². The number of esters is 1. The van der Waals surface area contributed by atoms with Crippen molar-refractivity contribution in [3.63, 3.8) is 0 Å². The summed E-state index contributed by atoms with van der Waals surface area (Å²) >= 11 is 0. The smallest absolute Gasteiger partial charge is 0.341 e. The van der Waals surface area contributed by atoms with E-state index in [0.717, 1.165) is 0 Å². The zero-order valence-corrected chi connectivity index (χ0v) is 14.4. The van der Waals surface area contributed by atoms with Crippen molar-refractivity contribution >= 4 is 16.0 Å². The second-order valence-electron chi connectivity index (χ2n) is 5.55. The minimum atomic E-state index is -3.80. The molecule has 0 saturated carbocycles. The van der Waals surface area contributed by atoms with E-state index in [1.807, 2.05) is 13.8 Å². The molecule has 0 aliphatic heterocycles. The van der Waals surface area contributed by atoms with Gasteiger partial charge in [0, 0.05) is 25.7 Å². The number of carbonyl (C=O) groups excluding carboxylic acids is 1. The van der Waals surface area contributed by atoms with Crippen molar-refractivity contribution in [3.8, 4) is 0 Å². The number of hydrogen-bond acceptors (Lipinski definition) is 6. The topological polar surface area (TPSA) is 103 Å². The Morgan fingerprint density at radius 1 is 1.45 bits per heavy atom. The van der Waals surface area contributed by atoms with Crippen LogP contribution in [0.2, 0.25) is 0 Å². The van der Waals surface area contributed by atoms with E-state index < -0.39 is 16.0 Å². The van der Waals surface area contributed by atoms with Crippen LogP contribution >= 0.6 is 0 Å². The van der Waals surface area contributed by atoms with Gasteiger partial charge in [0.1, 0.15) is 11.3 Å². The SMILES string of the molecule is COC(=O)c1cc(S(=O)(=O)N(C)CCC(N)C(C)C)oc1C. The van der Waals surface area contributed by atoms with Gasteiger partial charge in [0.25, 0.3) is 10.0 Å². The van der Waals surface area contributed by atoms with Crippen molar-refractivity contribution in [3.05, 3.63) is 17.4 Å². The van der Waals surface area contributed by atoms with E-state index in [9.17, 15) is 13.2 Å². The van der Waals surface area contributed by atoms with Crippen LogP contribution < -0.4 is 5.73 Å². The van der Waals surface area contributed by atoms with Crippen LogP contribution in [0.25, 0.3) is 0 Å². The predicted molar refractivity (Wildman–Crippen MR) is 82.0 cm³/mol. The quantitative estimate of drug-likeness (QED) is 0.756. The molecule has 0 aliphatic rings. The Morgan fingerprint density at radius 2 is 2.05 bits per heavy atom. The maximum atomic E-state index is 12.4. The third kappa shape index (κ3) is 4.08. The summed E-state index contributed by atoms with van der Waals surface area (Å²) in [5, 5.41) is -0.272. The van der Waals surface area contributed by atoms with E-state index in [0.29, 0.717) is 6.42 Å². The molecule has 0 aliphatic carbocycles. The molecule has 1 atom stereocenters. The summed E-state index contributed by atoms with van der Waals surface area (Å²) in [6.07, 6.45) is 0.539. The van der Waals surface area contributed by atoms with Gasteiger partial charge in [-0.05, 0) is 19.3 Å². The molecule has 22 heavy (non-hydrogen) atoms. The number of hydrogen-bond donors (Lipinski definition) is 1. The summed E-state index contributed by atoms with van der Waals surface area (Å²) < 4.78 is 35.8. The molecule has 1 aromatic heterocycles. The second kappa shape index (κ2) is 7.26. The van der Waals surface area contributed by atoms with Gasteiger partial charge in [-0.15, -0.1) is 0 Å². The first-order chi connectivity index (χ1) is 10.1. The van der Waals surface area contributed by atoms with Crippen LogP contribution in [0, 0.1) is 12.8 Å². The summed E-state index contributed by atoms with van der Waals surface area (Å²) in [7, 11) is -1.12. The molecular weight excluding hydrogens is 308 g/mol. The van der Waals surface area contributed by atoms with Gasteiger partial charge in [-0.2, -0.15) is 4.31 Å². The molecule has 0 bridgehead atoms. The third-order valence-electron chi connectivity index (χ3n) is 3.60. The Morgan fingerprint density at radius 3 is 2.55 bits per heavy atom. The zero-order valence-electron chi connectivity index (χ0n) is 13.6. The molecule has 0 spiro atoms. The van der Waals surface area contributed by atoms with Gasteiger partial charge in [-0.3, -0.25) is 0 Å². The first kappa shape index (κ1) is 18.7. The highest BCUT2D eigenvalue weighted by Gasteiger charge is 2.28. The molecule has 1 rings (SSSR count). The van der Waals surface area contributed by atoms with Crippen LogP contribution in [0.15, 0.2) is 15.6 Å². The molecule has 0 amide bonds. The van der Waals surface area contributed by atoms with E-state index in [2.05, 4.69) is 4.74 Å². The number of nitrogens with zero attached hydrogens (tertiary/aromatic N) is 1. The van der Waals surface area contributed by atoms with Crippen LogP contribution in [0.3, 0.4) is 0 Å². The predicted octanol–water partition coefficient (Wildman–Crippen LogP) is 1.37. The highest BCUT2D eigenvalue weighted by Crippen LogP contribution is 2.22. The second-order valence-corrected chi connectivity index (χ2v) is 7.53. The zero-order chi connectivity index (χ0) is 17.1. The molecule has 0 radical (unpaired) electrons. The number of furan rings is 1. The van der Waals surface area contributed by atoms with Gasteiger partial charge in [-0.25, -0.2) is 13.2 Å². The Labute approximate surface area is 131 Å². The molecule has 7 nitrogen and oxygen atoms in total. The first-order valence-corrected chi connectivity index (χ1v) is 8.46. The van der Waals surface area contributed by atoms with Crippen molar-refractivity contribution in [2.75, 3.05) is 20.7 Å². The number of nitrogens with two attached hydrogens (primary N) is 1. The van der Waals surface area contributed by atoms with Gasteiger partial charge in [0.15, 0.2) is 0 Å². The Kier molecular flexibility index (Phi) is 6.16. The maximum absolute atomic E-state index is 12.4. The van der Waals surface area contributed by atoms with Gasteiger partial charge >= 0.3 is 5.97 Å². The highest BCUT2D eigenvalue weighted by atomic mass is 32.2. The molecular formula is C14H24N2O5S. The lowest BCUT2D eigenvalue weighted by molar-refractivity contribution is 0.0599. The summed E-state index contributed by atoms with van der Waals surface area (Å²) in [5.41, 5.74) is 6.03. The van der Waals surface area contributed by atoms with Crippen molar-refractivity contribution in [2.24, 2.45) is 11.7 Å². The summed E-state index contributed by atoms with van der Waals surface area (Å²) in [4.78, 5) is 11.5. The van der Waals surface area contributed by atoms with Crippen LogP contribution in [-0.4, -0.2) is 45.4 Å². The number of ether oxygens (including phenoxy) is 1. The lowest BCUT2D eigenvalue weighted by Crippen LogP contribution is -2.34. The first-order valence-electron chi connectivity index (χ1n) is 7.02. The van der Waals surface area contributed by atoms with E-state index >= 15 is 0 Å². The van der Waals surface area contributed by atoms with E-state index in [1.54, 1.807) is 0 Å². The van der Waals surface area contributed by atoms with Crippen molar-refractivity contribution in [1.29, 1.82) is 0 Å². The number of rotatable bonds is 7. The number of methoxy groups -OCH3 is 1. The fourth-order valence-electron chi connectivity index (χ4n) is 1.83. The lowest BCUT2D eigenvalue weighted by Gasteiger charge is -2.20. The Bertz CT molecular complexity index is 621. The number of carbonyl (C=O) groups is 1. The summed E-state index contributed by atoms with van der Waals surface area (Å²) in [5.74, 6) is -0.155. The highest BCUT2D eigenvalue weighted by molar-refractivity contribution is 7.89. The summed E-state index contributed by atoms with van der Waals surface area (Å²) in [6, 6.07) is 1.11. The lowest BCUT2D eigenvalue weighted by atomic mass is 10.0. The Hall–Kier alpha value is -1.38. The van der Waals surface area contributed by atoms with Crippen LogP contribution in [0.5, 0.6) is 0 Å². The fraction of sp³-hybridized carbons (Fsp3) is 0.643. The molecule has 126 valence electrons. The number of aryl methyl sites for hydroxylation is 1. The van der Waals surface area contributed by atoms with E-state index in [1.165, 1.54) is 31.5 Å². The normalized spacial score (nSPS) is 13.6. The molecule has 8 heteroatoms. The largest absolute Gasteiger partial charge is 0.465 e. The average molecular weight is 332 g/mol. The van der Waals surface area contributed by atoms with Gasteiger partial charge < -0.3 is 14.9 Å². The summed E-state index contributed by atoms with van der Waals surface area (Å²) in [6.45, 7) is 5.75. The standard InChI is InChI=1S/C14H24N2O5S/c1-9(2)12(15)6-7-16(4)22(18,19)13-8-11(10(3)21-13)14(17)20-5/h8-9,12H,6-7,15H2,1-5H3. The molecule has 1 aromatic rings. The monoisotopic (exact) mass is 332 g/mol. The minimum Gasteiger partial charge on any atom is -0.465 e. The molecule has 0 fully saturated rings. The minimum absolute atomic E-state index is 0.0818. The molecule has 1 unspecified atom stereocenters. The van der Waals surface area contributed by atoms with Gasteiger partial charge in [0.2, 0.25) is 5.09 Å². The Balaban J connectivity index is 2.92. The van der Waals surface area contributed by atoms with Crippen LogP contribution in [0.1, 0.15) is 36.4 Å². The molecule has 0 aromatic carbocycles. The molecule has 2 N–H and O–H groups in total. The van der Waals surface area contributed by atoms with Gasteiger partial charge in [0.05, 0.1) is 7.11 Å². The fourth-order valence-corrected chi connectivity index (χ4v) is 2.98. The molecule has 1 heterocycles. The van der Waals surface area contributed by atoms with Crippen molar-refractivity contribution < 1.29 is 22.4 Å².